The number of hydrogen-bond acceptors (Lipinski definition) is 5. The minimum absolute atomic E-state index is 0.0898. The minimum Gasteiger partial charge on any atom is -0.465 e. The molecule has 1 atom stereocenters. The molecule has 7 heteroatoms. The van der Waals surface area contributed by atoms with Gasteiger partial charge in [0.25, 0.3) is 0 Å². The zero-order valence-electron chi connectivity index (χ0n) is 12.5. The van der Waals surface area contributed by atoms with Crippen LogP contribution in [0, 0.1) is 5.92 Å². The molecule has 0 saturated heterocycles. The number of nitrogens with zero attached hydrogens (tertiary/aromatic N) is 1. The number of halogens is 1. The van der Waals surface area contributed by atoms with Crippen LogP contribution in [0.3, 0.4) is 0 Å². The Morgan fingerprint density at radius 1 is 1.43 bits per heavy atom. The first-order valence-electron chi connectivity index (χ1n) is 7.18. The maximum atomic E-state index is 12.5. The molecule has 0 saturated carbocycles. The number of hydrogen-bond donors (Lipinski definition) is 1. The van der Waals surface area contributed by atoms with Crippen molar-refractivity contribution in [3.63, 3.8) is 0 Å². The van der Waals surface area contributed by atoms with Crippen LogP contribution in [0.4, 0.5) is 5.69 Å². The summed E-state index contributed by atoms with van der Waals surface area (Å²) in [7, 11) is 1.31. The number of benzene rings is 1. The highest BCUT2D eigenvalue weighted by Gasteiger charge is 2.26. The van der Waals surface area contributed by atoms with Gasteiger partial charge in [0.2, 0.25) is 5.91 Å². The van der Waals surface area contributed by atoms with E-state index >= 15 is 0 Å². The normalized spacial score (nSPS) is 16.5. The number of aryl methyl sites for hydroxylation is 1. The number of ether oxygens (including phenoxy) is 1. The SMILES string of the molecule is COC(=O)c1ccc(Cl)c(NC(=O)C2CCc3ncsc3C2)c1. The zero-order valence-corrected chi connectivity index (χ0v) is 14.0. The Balaban J connectivity index is 1.74. The van der Waals surface area contributed by atoms with Gasteiger partial charge in [-0.2, -0.15) is 0 Å². The Labute approximate surface area is 142 Å². The van der Waals surface area contributed by atoms with Crippen molar-refractivity contribution in [1.29, 1.82) is 0 Å². The lowest BCUT2D eigenvalue weighted by atomic mass is 9.90. The van der Waals surface area contributed by atoms with Crippen molar-refractivity contribution in [2.45, 2.75) is 19.3 Å². The van der Waals surface area contributed by atoms with Crippen LogP contribution in [0.15, 0.2) is 23.7 Å². The Hall–Kier alpha value is -1.92. The van der Waals surface area contributed by atoms with Gasteiger partial charge in [-0.25, -0.2) is 9.78 Å². The van der Waals surface area contributed by atoms with Gasteiger partial charge in [-0.1, -0.05) is 11.6 Å². The van der Waals surface area contributed by atoms with Crippen LogP contribution in [0.2, 0.25) is 5.02 Å². The molecule has 0 spiro atoms. The molecule has 1 unspecified atom stereocenters. The highest BCUT2D eigenvalue weighted by molar-refractivity contribution is 7.09. The Morgan fingerprint density at radius 3 is 3.04 bits per heavy atom. The van der Waals surface area contributed by atoms with Gasteiger partial charge in [-0.15, -0.1) is 11.3 Å². The van der Waals surface area contributed by atoms with Gasteiger partial charge in [0, 0.05) is 10.8 Å². The Morgan fingerprint density at radius 2 is 2.26 bits per heavy atom. The number of fused-ring (bicyclic) bond motifs is 1. The van der Waals surface area contributed by atoms with E-state index in [1.165, 1.54) is 18.1 Å². The van der Waals surface area contributed by atoms with Crippen LogP contribution in [0.1, 0.15) is 27.3 Å². The van der Waals surface area contributed by atoms with E-state index in [1.54, 1.807) is 23.5 Å². The van der Waals surface area contributed by atoms with Crippen molar-refractivity contribution < 1.29 is 14.3 Å². The molecule has 1 aliphatic carbocycles. The largest absolute Gasteiger partial charge is 0.465 e. The van der Waals surface area contributed by atoms with Crippen LogP contribution >= 0.6 is 22.9 Å². The quantitative estimate of drug-likeness (QED) is 0.862. The number of methoxy groups -OCH3 is 1. The summed E-state index contributed by atoms with van der Waals surface area (Å²) in [4.78, 5) is 29.6. The van der Waals surface area contributed by atoms with E-state index in [-0.39, 0.29) is 11.8 Å². The molecule has 3 rings (SSSR count). The van der Waals surface area contributed by atoms with Gasteiger partial charge in [0.1, 0.15) is 0 Å². The number of rotatable bonds is 3. The van der Waals surface area contributed by atoms with E-state index < -0.39 is 5.97 Å². The monoisotopic (exact) mass is 350 g/mol. The molecule has 0 aliphatic heterocycles. The van der Waals surface area contributed by atoms with Crippen molar-refractivity contribution in [2.24, 2.45) is 5.92 Å². The summed E-state index contributed by atoms with van der Waals surface area (Å²) in [6, 6.07) is 4.67. The highest BCUT2D eigenvalue weighted by Crippen LogP contribution is 2.30. The lowest BCUT2D eigenvalue weighted by molar-refractivity contribution is -0.120. The van der Waals surface area contributed by atoms with Gasteiger partial charge < -0.3 is 10.1 Å². The van der Waals surface area contributed by atoms with Crippen molar-refractivity contribution in [3.8, 4) is 0 Å². The van der Waals surface area contributed by atoms with E-state index in [0.717, 1.165) is 18.5 Å². The number of aromatic nitrogens is 1. The first-order chi connectivity index (χ1) is 11.1. The summed E-state index contributed by atoms with van der Waals surface area (Å²) in [5.41, 5.74) is 3.70. The lowest BCUT2D eigenvalue weighted by Gasteiger charge is -2.21. The summed E-state index contributed by atoms with van der Waals surface area (Å²) in [5, 5.41) is 3.22. The number of esters is 1. The second kappa shape index (κ2) is 6.68. The van der Waals surface area contributed by atoms with Crippen LogP contribution in [-0.2, 0) is 22.4 Å². The van der Waals surface area contributed by atoms with E-state index in [1.807, 2.05) is 5.51 Å². The maximum Gasteiger partial charge on any atom is 0.337 e. The summed E-state index contributed by atoms with van der Waals surface area (Å²) in [6.07, 6.45) is 2.27. The van der Waals surface area contributed by atoms with E-state index in [9.17, 15) is 9.59 Å². The molecular formula is C16H15ClN2O3S. The van der Waals surface area contributed by atoms with Gasteiger partial charge in [-0.05, 0) is 37.5 Å². The fourth-order valence-corrected chi connectivity index (χ4v) is 3.68. The van der Waals surface area contributed by atoms with Crippen molar-refractivity contribution >= 4 is 40.5 Å². The molecule has 1 aliphatic rings. The van der Waals surface area contributed by atoms with Crippen molar-refractivity contribution in [1.82, 2.24) is 4.98 Å². The number of thiazole rings is 1. The molecule has 2 aromatic rings. The molecule has 0 radical (unpaired) electrons. The molecule has 0 bridgehead atoms. The van der Waals surface area contributed by atoms with Gasteiger partial charge >= 0.3 is 5.97 Å². The maximum absolute atomic E-state index is 12.5. The number of anilines is 1. The minimum atomic E-state index is -0.468. The van der Waals surface area contributed by atoms with Crippen LogP contribution in [0.25, 0.3) is 0 Å². The third kappa shape index (κ3) is 3.38. The average Bonchev–Trinajstić information content (AvgIpc) is 3.03. The predicted molar refractivity (Wildman–Crippen MR) is 89.1 cm³/mol. The van der Waals surface area contributed by atoms with Gasteiger partial charge in [0.05, 0.1) is 34.6 Å². The van der Waals surface area contributed by atoms with Crippen LogP contribution in [0.5, 0.6) is 0 Å². The number of nitrogens with one attached hydrogen (secondary N) is 1. The molecule has 1 heterocycles. The van der Waals surface area contributed by atoms with Crippen LogP contribution in [-0.4, -0.2) is 24.0 Å². The number of carbonyl (C=O) groups excluding carboxylic acids is 2. The standard InChI is InChI=1S/C16H15ClN2O3S/c1-22-16(21)10-2-4-11(17)13(6-10)19-15(20)9-3-5-12-14(7-9)23-8-18-12/h2,4,6,8-9H,3,5,7H2,1H3,(H,19,20). The fourth-order valence-electron chi connectivity index (χ4n) is 2.62. The smallest absolute Gasteiger partial charge is 0.337 e. The Bertz CT molecular complexity index is 760. The highest BCUT2D eigenvalue weighted by atomic mass is 35.5. The average molecular weight is 351 g/mol. The number of amides is 1. The first kappa shape index (κ1) is 16.0. The molecule has 1 N–H and O–H groups in total. The molecular weight excluding hydrogens is 336 g/mol. The summed E-state index contributed by atoms with van der Waals surface area (Å²) >= 11 is 7.70. The van der Waals surface area contributed by atoms with E-state index in [4.69, 9.17) is 11.6 Å². The molecule has 0 fully saturated rings. The second-order valence-electron chi connectivity index (χ2n) is 5.34. The summed E-state index contributed by atoms with van der Waals surface area (Å²) < 4.78 is 4.68. The molecule has 1 aromatic heterocycles. The van der Waals surface area contributed by atoms with Crippen molar-refractivity contribution in [3.05, 3.63) is 44.9 Å². The van der Waals surface area contributed by atoms with Crippen molar-refractivity contribution in [2.75, 3.05) is 12.4 Å². The van der Waals surface area contributed by atoms with E-state index in [2.05, 4.69) is 15.0 Å². The number of carbonyl (C=O) groups is 2. The Kier molecular flexibility index (Phi) is 4.63. The summed E-state index contributed by atoms with van der Waals surface area (Å²) in [5.74, 6) is -0.669. The second-order valence-corrected chi connectivity index (χ2v) is 6.68. The predicted octanol–water partition coefficient (Wildman–Crippen LogP) is 3.33. The van der Waals surface area contributed by atoms with Gasteiger partial charge in [0.15, 0.2) is 0 Å². The molecule has 1 amide bonds. The lowest BCUT2D eigenvalue weighted by Crippen LogP contribution is -2.28. The third-order valence-electron chi connectivity index (χ3n) is 3.90. The third-order valence-corrected chi connectivity index (χ3v) is 5.13. The van der Waals surface area contributed by atoms with E-state index in [0.29, 0.717) is 22.7 Å². The fraction of sp³-hybridized carbons (Fsp3) is 0.312. The van der Waals surface area contributed by atoms with Gasteiger partial charge in [-0.3, -0.25) is 4.79 Å². The molecule has 5 nitrogen and oxygen atoms in total. The molecule has 1 aromatic carbocycles. The zero-order chi connectivity index (χ0) is 16.4. The first-order valence-corrected chi connectivity index (χ1v) is 8.44. The molecule has 120 valence electrons. The molecule has 23 heavy (non-hydrogen) atoms. The summed E-state index contributed by atoms with van der Waals surface area (Å²) in [6.45, 7) is 0. The topological polar surface area (TPSA) is 68.3 Å². The van der Waals surface area contributed by atoms with Crippen LogP contribution < -0.4 is 5.32 Å².